The monoisotopic (exact) mass is 230 g/mol. The molecule has 17 heavy (non-hydrogen) atoms. The van der Waals surface area contributed by atoms with E-state index in [1.54, 1.807) is 14.0 Å². The molecule has 0 aliphatic rings. The SMILES string of the molecule is CNc1nc(C)nnc1-c1ccccc1OC. The summed E-state index contributed by atoms with van der Waals surface area (Å²) in [5.41, 5.74) is 1.56. The zero-order chi connectivity index (χ0) is 12.3. The van der Waals surface area contributed by atoms with Crippen molar-refractivity contribution in [3.8, 4) is 17.0 Å². The van der Waals surface area contributed by atoms with E-state index >= 15 is 0 Å². The van der Waals surface area contributed by atoms with Gasteiger partial charge in [0.1, 0.15) is 17.3 Å². The number of aryl methyl sites for hydroxylation is 1. The van der Waals surface area contributed by atoms with E-state index in [2.05, 4.69) is 20.5 Å². The molecule has 0 bridgehead atoms. The molecular weight excluding hydrogens is 216 g/mol. The molecule has 0 radical (unpaired) electrons. The molecule has 2 aromatic rings. The maximum Gasteiger partial charge on any atom is 0.156 e. The first-order valence-corrected chi connectivity index (χ1v) is 5.28. The first kappa shape index (κ1) is 11.3. The third-order valence-electron chi connectivity index (χ3n) is 2.39. The van der Waals surface area contributed by atoms with Crippen LogP contribution in [0.4, 0.5) is 5.82 Å². The average Bonchev–Trinajstić information content (AvgIpc) is 2.38. The summed E-state index contributed by atoms with van der Waals surface area (Å²) in [4.78, 5) is 4.30. The fraction of sp³-hybridized carbons (Fsp3) is 0.250. The molecule has 5 heteroatoms. The Bertz CT molecular complexity index is 528. The van der Waals surface area contributed by atoms with Gasteiger partial charge in [0.2, 0.25) is 0 Å². The van der Waals surface area contributed by atoms with Gasteiger partial charge in [-0.25, -0.2) is 4.98 Å². The van der Waals surface area contributed by atoms with Gasteiger partial charge < -0.3 is 10.1 Å². The zero-order valence-electron chi connectivity index (χ0n) is 10.1. The van der Waals surface area contributed by atoms with Gasteiger partial charge in [0.05, 0.1) is 7.11 Å². The quantitative estimate of drug-likeness (QED) is 0.872. The summed E-state index contributed by atoms with van der Waals surface area (Å²) in [6.07, 6.45) is 0. The van der Waals surface area contributed by atoms with Crippen LogP contribution in [0.5, 0.6) is 5.75 Å². The summed E-state index contributed by atoms with van der Waals surface area (Å²) >= 11 is 0. The maximum absolute atomic E-state index is 5.31. The van der Waals surface area contributed by atoms with Gasteiger partial charge in [0, 0.05) is 12.6 Å². The van der Waals surface area contributed by atoms with E-state index in [1.165, 1.54) is 0 Å². The molecular formula is C12H14N4O. The Morgan fingerprint density at radius 1 is 1.18 bits per heavy atom. The summed E-state index contributed by atoms with van der Waals surface area (Å²) in [5, 5.41) is 11.2. The van der Waals surface area contributed by atoms with Gasteiger partial charge in [-0.2, -0.15) is 0 Å². The van der Waals surface area contributed by atoms with Crippen molar-refractivity contribution < 1.29 is 4.74 Å². The van der Waals surface area contributed by atoms with Crippen LogP contribution in [0.25, 0.3) is 11.3 Å². The minimum Gasteiger partial charge on any atom is -0.496 e. The van der Waals surface area contributed by atoms with Crippen molar-refractivity contribution in [1.29, 1.82) is 0 Å². The van der Waals surface area contributed by atoms with Crippen LogP contribution in [-0.4, -0.2) is 29.3 Å². The van der Waals surface area contributed by atoms with Gasteiger partial charge in [-0.15, -0.1) is 10.2 Å². The second-order valence-electron chi connectivity index (χ2n) is 3.51. The molecule has 0 saturated carbocycles. The lowest BCUT2D eigenvalue weighted by Crippen LogP contribution is -2.03. The van der Waals surface area contributed by atoms with Crippen LogP contribution in [0.2, 0.25) is 0 Å². The van der Waals surface area contributed by atoms with Crippen molar-refractivity contribution in [2.75, 3.05) is 19.5 Å². The summed E-state index contributed by atoms with van der Waals surface area (Å²) in [6.45, 7) is 1.81. The lowest BCUT2D eigenvalue weighted by molar-refractivity contribution is 0.416. The zero-order valence-corrected chi connectivity index (χ0v) is 10.1. The molecule has 0 unspecified atom stereocenters. The Morgan fingerprint density at radius 2 is 1.94 bits per heavy atom. The van der Waals surface area contributed by atoms with E-state index in [0.29, 0.717) is 17.3 Å². The first-order chi connectivity index (χ1) is 8.26. The molecule has 1 aromatic carbocycles. The predicted molar refractivity (Wildman–Crippen MR) is 66.1 cm³/mol. The van der Waals surface area contributed by atoms with Crippen LogP contribution in [0, 0.1) is 6.92 Å². The molecule has 0 fully saturated rings. The number of hydrogen-bond donors (Lipinski definition) is 1. The normalized spacial score (nSPS) is 10.1. The van der Waals surface area contributed by atoms with Gasteiger partial charge in [-0.3, -0.25) is 0 Å². The molecule has 0 saturated heterocycles. The standard InChI is InChI=1S/C12H14N4O/c1-8-14-12(13-2)11(16-15-8)9-6-4-5-7-10(9)17-3/h4-7H,1-3H3,(H,13,14,15). The van der Waals surface area contributed by atoms with Crippen molar-refractivity contribution in [3.63, 3.8) is 0 Å². The smallest absolute Gasteiger partial charge is 0.156 e. The topological polar surface area (TPSA) is 59.9 Å². The number of nitrogens with zero attached hydrogens (tertiary/aromatic N) is 3. The predicted octanol–water partition coefficient (Wildman–Crippen LogP) is 1.90. The van der Waals surface area contributed by atoms with Gasteiger partial charge in [0.25, 0.3) is 0 Å². The largest absolute Gasteiger partial charge is 0.496 e. The lowest BCUT2D eigenvalue weighted by Gasteiger charge is -2.10. The molecule has 2 rings (SSSR count). The Kier molecular flexibility index (Phi) is 3.18. The highest BCUT2D eigenvalue weighted by Crippen LogP contribution is 2.31. The van der Waals surface area contributed by atoms with Crippen molar-refractivity contribution >= 4 is 5.82 Å². The van der Waals surface area contributed by atoms with Crippen molar-refractivity contribution in [2.45, 2.75) is 6.92 Å². The van der Waals surface area contributed by atoms with E-state index in [4.69, 9.17) is 4.74 Å². The van der Waals surface area contributed by atoms with Crippen LogP contribution < -0.4 is 10.1 Å². The van der Waals surface area contributed by atoms with Crippen LogP contribution in [0.3, 0.4) is 0 Å². The van der Waals surface area contributed by atoms with Gasteiger partial charge >= 0.3 is 0 Å². The van der Waals surface area contributed by atoms with Gasteiger partial charge in [-0.1, -0.05) is 12.1 Å². The number of methoxy groups -OCH3 is 1. The lowest BCUT2D eigenvalue weighted by atomic mass is 10.1. The van der Waals surface area contributed by atoms with Crippen molar-refractivity contribution in [1.82, 2.24) is 15.2 Å². The number of para-hydroxylation sites is 1. The molecule has 5 nitrogen and oxygen atoms in total. The number of nitrogens with one attached hydrogen (secondary N) is 1. The molecule has 1 heterocycles. The number of aromatic nitrogens is 3. The maximum atomic E-state index is 5.31. The molecule has 0 aliphatic carbocycles. The van der Waals surface area contributed by atoms with Gasteiger partial charge in [-0.05, 0) is 19.1 Å². The van der Waals surface area contributed by atoms with Crippen molar-refractivity contribution in [3.05, 3.63) is 30.1 Å². The highest BCUT2D eigenvalue weighted by molar-refractivity contribution is 5.75. The second-order valence-corrected chi connectivity index (χ2v) is 3.51. The summed E-state index contributed by atoms with van der Waals surface area (Å²) in [5.74, 6) is 2.08. The van der Waals surface area contributed by atoms with E-state index in [9.17, 15) is 0 Å². The Labute approximate surface area is 99.9 Å². The number of benzene rings is 1. The molecule has 0 spiro atoms. The number of ether oxygens (including phenoxy) is 1. The number of anilines is 1. The molecule has 1 N–H and O–H groups in total. The summed E-state index contributed by atoms with van der Waals surface area (Å²) in [6, 6.07) is 7.66. The second kappa shape index (κ2) is 4.78. The van der Waals surface area contributed by atoms with E-state index in [1.807, 2.05) is 31.3 Å². The third kappa shape index (κ3) is 2.18. The van der Waals surface area contributed by atoms with Crippen LogP contribution >= 0.6 is 0 Å². The Morgan fingerprint density at radius 3 is 2.65 bits per heavy atom. The first-order valence-electron chi connectivity index (χ1n) is 5.28. The molecule has 0 amide bonds. The molecule has 1 aromatic heterocycles. The third-order valence-corrected chi connectivity index (χ3v) is 2.39. The Balaban J connectivity index is 2.59. The van der Waals surface area contributed by atoms with Crippen LogP contribution in [0.15, 0.2) is 24.3 Å². The van der Waals surface area contributed by atoms with Gasteiger partial charge in [0.15, 0.2) is 5.82 Å². The molecule has 0 atom stereocenters. The summed E-state index contributed by atoms with van der Waals surface area (Å²) < 4.78 is 5.31. The van der Waals surface area contributed by atoms with E-state index in [0.717, 1.165) is 11.3 Å². The molecule has 0 aliphatic heterocycles. The minimum absolute atomic E-state index is 0.632. The average molecular weight is 230 g/mol. The highest BCUT2D eigenvalue weighted by atomic mass is 16.5. The Hall–Kier alpha value is -2.17. The summed E-state index contributed by atoms with van der Waals surface area (Å²) in [7, 11) is 3.44. The van der Waals surface area contributed by atoms with E-state index < -0.39 is 0 Å². The van der Waals surface area contributed by atoms with E-state index in [-0.39, 0.29) is 0 Å². The minimum atomic E-state index is 0.632. The van der Waals surface area contributed by atoms with Crippen LogP contribution in [0.1, 0.15) is 5.82 Å². The highest BCUT2D eigenvalue weighted by Gasteiger charge is 2.12. The molecule has 88 valence electrons. The number of rotatable bonds is 3. The van der Waals surface area contributed by atoms with Crippen molar-refractivity contribution in [2.24, 2.45) is 0 Å². The number of hydrogen-bond acceptors (Lipinski definition) is 5. The van der Waals surface area contributed by atoms with Crippen LogP contribution in [-0.2, 0) is 0 Å². The fourth-order valence-corrected chi connectivity index (χ4v) is 1.60. The fourth-order valence-electron chi connectivity index (χ4n) is 1.60.